The number of aliphatic hydroxyl groups is 7. The largest absolute Gasteiger partial charge is 0.394 e. The number of aliphatic hydroxyl groups excluding tert-OH is 7. The second-order valence-electron chi connectivity index (χ2n) is 7.36. The Labute approximate surface area is 179 Å². The summed E-state index contributed by atoms with van der Waals surface area (Å²) in [6.45, 7) is 1.20. The molecule has 2 rings (SSSR count). The van der Waals surface area contributed by atoms with Gasteiger partial charge in [-0.05, 0) is 6.92 Å². The number of hydrogen-bond acceptors (Lipinski definition) is 13. The Balaban J connectivity index is 2.01. The standard InChI is InChI=1S/C18H34O13/c1-3-27-6-8(26-2)7-28-17-15(25)13(23)16(10(5-20)30-17)31-18-14(24)12(22)11(21)9(4-19)29-18/h8-25H,3-7H2,1-2H3/t8?,9?,10?,11-,12?,13?,14-,15-,16+,17+,18-/m0/s1. The molecule has 5 unspecified atom stereocenters. The molecule has 7 N–H and O–H groups in total. The van der Waals surface area contributed by atoms with Crippen LogP contribution in [0.5, 0.6) is 0 Å². The summed E-state index contributed by atoms with van der Waals surface area (Å²) < 4.78 is 32.2. The Morgan fingerprint density at radius 2 is 1.39 bits per heavy atom. The highest BCUT2D eigenvalue weighted by Crippen LogP contribution is 2.29. The predicted molar refractivity (Wildman–Crippen MR) is 99.6 cm³/mol. The average molecular weight is 458 g/mol. The molecule has 0 bridgehead atoms. The number of hydrogen-bond donors (Lipinski definition) is 7. The zero-order chi connectivity index (χ0) is 23.1. The van der Waals surface area contributed by atoms with E-state index in [0.29, 0.717) is 6.61 Å². The highest BCUT2D eigenvalue weighted by Gasteiger charge is 2.50. The van der Waals surface area contributed by atoms with Crippen LogP contribution in [0, 0.1) is 0 Å². The maximum atomic E-state index is 10.5. The molecule has 0 aliphatic carbocycles. The fourth-order valence-corrected chi connectivity index (χ4v) is 3.33. The predicted octanol–water partition coefficient (Wildman–Crippen LogP) is -4.32. The lowest BCUT2D eigenvalue weighted by molar-refractivity contribution is -0.360. The van der Waals surface area contributed by atoms with E-state index in [1.807, 2.05) is 6.92 Å². The van der Waals surface area contributed by atoms with Gasteiger partial charge in [-0.2, -0.15) is 0 Å². The molecule has 2 heterocycles. The highest BCUT2D eigenvalue weighted by atomic mass is 16.7. The summed E-state index contributed by atoms with van der Waals surface area (Å²) in [5, 5.41) is 69.7. The molecule has 0 spiro atoms. The summed E-state index contributed by atoms with van der Waals surface area (Å²) in [5.74, 6) is 0. The van der Waals surface area contributed by atoms with Crippen molar-refractivity contribution in [3.8, 4) is 0 Å². The molecule has 0 aromatic rings. The molecule has 0 aromatic heterocycles. The average Bonchev–Trinajstić information content (AvgIpc) is 2.78. The second kappa shape index (κ2) is 12.6. The van der Waals surface area contributed by atoms with E-state index in [-0.39, 0.29) is 13.2 Å². The van der Waals surface area contributed by atoms with Gasteiger partial charge in [0.15, 0.2) is 12.6 Å². The highest BCUT2D eigenvalue weighted by molar-refractivity contribution is 4.94. The van der Waals surface area contributed by atoms with E-state index in [2.05, 4.69) is 0 Å². The molecule has 2 aliphatic heterocycles. The zero-order valence-corrected chi connectivity index (χ0v) is 17.5. The van der Waals surface area contributed by atoms with E-state index in [1.165, 1.54) is 7.11 Å². The first-order valence-corrected chi connectivity index (χ1v) is 10.1. The van der Waals surface area contributed by atoms with E-state index >= 15 is 0 Å². The molecule has 13 nitrogen and oxygen atoms in total. The summed E-state index contributed by atoms with van der Waals surface area (Å²) in [4.78, 5) is 0. The molecule has 0 aromatic carbocycles. The van der Waals surface area contributed by atoms with Crippen LogP contribution in [0.25, 0.3) is 0 Å². The zero-order valence-electron chi connectivity index (χ0n) is 17.5. The van der Waals surface area contributed by atoms with Gasteiger partial charge < -0.3 is 64.2 Å². The van der Waals surface area contributed by atoms with Crippen LogP contribution in [-0.4, -0.2) is 143 Å². The van der Waals surface area contributed by atoms with Crippen LogP contribution in [0.1, 0.15) is 6.92 Å². The van der Waals surface area contributed by atoms with Crippen molar-refractivity contribution in [1.29, 1.82) is 0 Å². The summed E-state index contributed by atoms with van der Waals surface area (Å²) >= 11 is 0. The fraction of sp³-hybridized carbons (Fsp3) is 1.00. The number of ether oxygens (including phenoxy) is 6. The van der Waals surface area contributed by atoms with E-state index in [9.17, 15) is 35.7 Å². The summed E-state index contributed by atoms with van der Waals surface area (Å²) in [7, 11) is 1.46. The van der Waals surface area contributed by atoms with Crippen molar-refractivity contribution >= 4 is 0 Å². The molecular formula is C18H34O13. The van der Waals surface area contributed by atoms with Gasteiger partial charge >= 0.3 is 0 Å². The first-order valence-electron chi connectivity index (χ1n) is 10.1. The van der Waals surface area contributed by atoms with Crippen molar-refractivity contribution in [3.63, 3.8) is 0 Å². The van der Waals surface area contributed by atoms with Crippen molar-refractivity contribution in [2.24, 2.45) is 0 Å². The van der Waals surface area contributed by atoms with Crippen LogP contribution in [0.15, 0.2) is 0 Å². The molecule has 11 atom stereocenters. The Bertz CT molecular complexity index is 507. The summed E-state index contributed by atoms with van der Waals surface area (Å²) in [6, 6.07) is 0. The summed E-state index contributed by atoms with van der Waals surface area (Å²) in [6.07, 6.45) is -15.4. The third kappa shape index (κ3) is 6.51. The molecule has 0 saturated carbocycles. The third-order valence-electron chi connectivity index (χ3n) is 5.25. The minimum absolute atomic E-state index is 0.0265. The van der Waals surface area contributed by atoms with Gasteiger partial charge in [0.1, 0.15) is 54.9 Å². The smallest absolute Gasteiger partial charge is 0.187 e. The van der Waals surface area contributed by atoms with E-state index in [4.69, 9.17) is 28.4 Å². The SMILES string of the molecule is CCOCC(CO[C@@H]1OC(CO)[C@@H](O[C@@H]2OC(CO)[C@H](O)C(O)[C@@H]2O)C(O)[C@@H]1O)OC. The molecule has 31 heavy (non-hydrogen) atoms. The minimum atomic E-state index is -1.73. The van der Waals surface area contributed by atoms with Crippen LogP contribution >= 0.6 is 0 Å². The van der Waals surface area contributed by atoms with E-state index in [0.717, 1.165) is 0 Å². The quantitative estimate of drug-likeness (QED) is 0.157. The molecule has 2 saturated heterocycles. The monoisotopic (exact) mass is 458 g/mol. The van der Waals surface area contributed by atoms with Crippen LogP contribution < -0.4 is 0 Å². The van der Waals surface area contributed by atoms with Gasteiger partial charge in [0.25, 0.3) is 0 Å². The number of methoxy groups -OCH3 is 1. The van der Waals surface area contributed by atoms with Crippen LogP contribution in [0.4, 0.5) is 0 Å². The Hall–Kier alpha value is -0.520. The Kier molecular flexibility index (Phi) is 10.9. The molecule has 0 radical (unpaired) electrons. The topological polar surface area (TPSA) is 197 Å². The van der Waals surface area contributed by atoms with Gasteiger partial charge in [0.05, 0.1) is 26.4 Å². The lowest BCUT2D eigenvalue weighted by Gasteiger charge is -2.46. The van der Waals surface area contributed by atoms with Gasteiger partial charge in [-0.3, -0.25) is 0 Å². The molecule has 2 fully saturated rings. The lowest BCUT2D eigenvalue weighted by atomic mass is 9.97. The van der Waals surface area contributed by atoms with Crippen LogP contribution in [-0.2, 0) is 28.4 Å². The maximum absolute atomic E-state index is 10.5. The van der Waals surface area contributed by atoms with Crippen LogP contribution in [0.3, 0.4) is 0 Å². The Morgan fingerprint density at radius 1 is 0.774 bits per heavy atom. The van der Waals surface area contributed by atoms with E-state index in [1.54, 1.807) is 0 Å². The molecule has 13 heteroatoms. The van der Waals surface area contributed by atoms with Crippen molar-refractivity contribution in [2.45, 2.75) is 74.4 Å². The van der Waals surface area contributed by atoms with Gasteiger partial charge in [-0.15, -0.1) is 0 Å². The van der Waals surface area contributed by atoms with E-state index < -0.39 is 80.7 Å². The normalized spacial score (nSPS) is 42.5. The lowest BCUT2D eigenvalue weighted by Crippen LogP contribution is -2.64. The third-order valence-corrected chi connectivity index (χ3v) is 5.25. The molecule has 2 aliphatic rings. The van der Waals surface area contributed by atoms with Gasteiger partial charge in [0.2, 0.25) is 0 Å². The van der Waals surface area contributed by atoms with Crippen LogP contribution in [0.2, 0.25) is 0 Å². The first-order chi connectivity index (χ1) is 14.8. The van der Waals surface area contributed by atoms with Crippen molar-refractivity contribution < 1.29 is 64.2 Å². The van der Waals surface area contributed by atoms with Gasteiger partial charge in [0, 0.05) is 13.7 Å². The van der Waals surface area contributed by atoms with Gasteiger partial charge in [-0.25, -0.2) is 0 Å². The summed E-state index contributed by atoms with van der Waals surface area (Å²) in [5.41, 5.74) is 0. The maximum Gasteiger partial charge on any atom is 0.187 e. The van der Waals surface area contributed by atoms with Crippen molar-refractivity contribution in [2.75, 3.05) is 40.1 Å². The first kappa shape index (κ1) is 26.7. The molecule has 184 valence electrons. The van der Waals surface area contributed by atoms with Crippen molar-refractivity contribution in [1.82, 2.24) is 0 Å². The van der Waals surface area contributed by atoms with Gasteiger partial charge in [-0.1, -0.05) is 0 Å². The fourth-order valence-electron chi connectivity index (χ4n) is 3.33. The minimum Gasteiger partial charge on any atom is -0.394 e. The number of rotatable bonds is 11. The van der Waals surface area contributed by atoms with Crippen molar-refractivity contribution in [3.05, 3.63) is 0 Å². The molecule has 0 amide bonds. The molecular weight excluding hydrogens is 424 g/mol. The second-order valence-corrected chi connectivity index (χ2v) is 7.36. The Morgan fingerprint density at radius 3 is 1.97 bits per heavy atom.